The van der Waals surface area contributed by atoms with E-state index in [9.17, 15) is 0 Å². The molecule has 2 saturated heterocycles. The minimum atomic E-state index is 0.340. The van der Waals surface area contributed by atoms with Crippen LogP contribution in [0, 0.1) is 10.8 Å². The second-order valence-corrected chi connectivity index (χ2v) is 8.33. The van der Waals surface area contributed by atoms with Crippen LogP contribution in [0.2, 0.25) is 0 Å². The number of hydrogen-bond donors (Lipinski definition) is 0. The minimum Gasteiger partial charge on any atom is -0.299 e. The third-order valence-corrected chi connectivity index (χ3v) is 7.61. The molecule has 20 heavy (non-hydrogen) atoms. The molecule has 1 aromatic carbocycles. The summed E-state index contributed by atoms with van der Waals surface area (Å²) in [6, 6.07) is 9.99. The molecule has 4 unspecified atom stereocenters. The summed E-state index contributed by atoms with van der Waals surface area (Å²) < 4.78 is 0. The Morgan fingerprint density at radius 3 is 2.50 bits per heavy atom. The average molecular weight is 269 g/mol. The molecule has 0 N–H and O–H groups in total. The lowest BCUT2D eigenvalue weighted by Crippen LogP contribution is -2.72. The fraction of sp³-hybridized carbons (Fsp3) is 0.684. The molecule has 3 aliphatic rings. The van der Waals surface area contributed by atoms with Gasteiger partial charge in [0.05, 0.1) is 0 Å². The fourth-order valence-corrected chi connectivity index (χ4v) is 5.86. The highest BCUT2D eigenvalue weighted by molar-refractivity contribution is 5.43. The predicted molar refractivity (Wildman–Crippen MR) is 84.0 cm³/mol. The van der Waals surface area contributed by atoms with Gasteiger partial charge in [-0.15, -0.1) is 0 Å². The molecule has 2 heterocycles. The van der Waals surface area contributed by atoms with Gasteiger partial charge in [-0.2, -0.15) is 0 Å². The smallest absolute Gasteiger partial charge is 0.0203 e. The number of benzene rings is 1. The molecule has 2 fully saturated rings. The van der Waals surface area contributed by atoms with E-state index in [-0.39, 0.29) is 0 Å². The van der Waals surface area contributed by atoms with E-state index in [1.165, 1.54) is 32.4 Å². The lowest BCUT2D eigenvalue weighted by molar-refractivity contribution is -0.161. The average Bonchev–Trinajstić information content (AvgIpc) is 2.40. The van der Waals surface area contributed by atoms with Crippen molar-refractivity contribution in [2.24, 2.45) is 10.8 Å². The van der Waals surface area contributed by atoms with Gasteiger partial charge in [0.25, 0.3) is 0 Å². The Labute approximate surface area is 123 Å². The van der Waals surface area contributed by atoms with Crippen LogP contribution >= 0.6 is 0 Å². The molecule has 0 amide bonds. The van der Waals surface area contributed by atoms with E-state index in [1.807, 2.05) is 0 Å². The van der Waals surface area contributed by atoms with E-state index in [4.69, 9.17) is 0 Å². The molecule has 2 aliphatic heterocycles. The number of piperidine rings is 2. The monoisotopic (exact) mass is 269 g/mol. The van der Waals surface area contributed by atoms with E-state index < -0.39 is 0 Å². The molecule has 0 spiro atoms. The van der Waals surface area contributed by atoms with Gasteiger partial charge >= 0.3 is 0 Å². The summed E-state index contributed by atoms with van der Waals surface area (Å²) in [6.07, 6.45) is 3.92. The zero-order chi connectivity index (χ0) is 14.2. The first-order chi connectivity index (χ1) is 9.40. The zero-order valence-corrected chi connectivity index (χ0v) is 13.4. The fourth-order valence-electron chi connectivity index (χ4n) is 5.86. The van der Waals surface area contributed by atoms with Gasteiger partial charge in [0, 0.05) is 11.5 Å². The number of nitrogens with zero attached hydrogens (tertiary/aromatic N) is 1. The summed E-state index contributed by atoms with van der Waals surface area (Å²) in [7, 11) is 0. The summed E-state index contributed by atoms with van der Waals surface area (Å²) in [6.45, 7) is 12.8. The van der Waals surface area contributed by atoms with Crippen molar-refractivity contribution in [2.75, 3.05) is 13.1 Å². The molecular weight excluding hydrogens is 242 g/mol. The van der Waals surface area contributed by atoms with Gasteiger partial charge in [0.2, 0.25) is 0 Å². The van der Waals surface area contributed by atoms with Gasteiger partial charge in [-0.05, 0) is 54.3 Å². The predicted octanol–water partition coefficient (Wildman–Crippen LogP) is 4.01. The van der Waals surface area contributed by atoms with E-state index in [0.29, 0.717) is 16.2 Å². The van der Waals surface area contributed by atoms with Crippen molar-refractivity contribution in [1.82, 2.24) is 4.90 Å². The summed E-state index contributed by atoms with van der Waals surface area (Å²) in [5, 5.41) is 0. The van der Waals surface area contributed by atoms with Crippen LogP contribution in [0.5, 0.6) is 0 Å². The van der Waals surface area contributed by atoms with Crippen LogP contribution < -0.4 is 0 Å². The molecule has 0 radical (unpaired) electrons. The molecule has 0 aromatic heterocycles. The van der Waals surface area contributed by atoms with Crippen molar-refractivity contribution in [3.05, 3.63) is 35.4 Å². The first-order valence-electron chi connectivity index (χ1n) is 8.23. The maximum absolute atomic E-state index is 2.79. The molecule has 1 nitrogen and oxygen atoms in total. The lowest BCUT2D eigenvalue weighted by Gasteiger charge is -2.70. The Balaban J connectivity index is 1.99. The highest BCUT2D eigenvalue weighted by atomic mass is 15.2. The van der Waals surface area contributed by atoms with Crippen LogP contribution in [-0.4, -0.2) is 24.0 Å². The van der Waals surface area contributed by atoms with Gasteiger partial charge in [-0.3, -0.25) is 4.90 Å². The maximum atomic E-state index is 2.79. The van der Waals surface area contributed by atoms with Gasteiger partial charge < -0.3 is 0 Å². The summed E-state index contributed by atoms with van der Waals surface area (Å²) in [5.74, 6) is 0. The van der Waals surface area contributed by atoms with Crippen LogP contribution in [0.15, 0.2) is 24.3 Å². The molecule has 4 atom stereocenters. The second-order valence-electron chi connectivity index (χ2n) is 8.33. The molecular formula is C19H27N. The zero-order valence-electron chi connectivity index (χ0n) is 13.4. The Kier molecular flexibility index (Phi) is 2.37. The van der Waals surface area contributed by atoms with Gasteiger partial charge in [0.15, 0.2) is 0 Å². The van der Waals surface area contributed by atoms with Crippen molar-refractivity contribution in [3.8, 4) is 0 Å². The lowest BCUT2D eigenvalue weighted by atomic mass is 9.40. The molecule has 1 aliphatic carbocycles. The Bertz CT molecular complexity index is 561. The normalized spacial score (nSPS) is 44.8. The molecule has 1 aromatic rings. The van der Waals surface area contributed by atoms with Crippen molar-refractivity contribution in [2.45, 2.75) is 58.4 Å². The minimum absolute atomic E-state index is 0.340. The molecule has 4 bridgehead atoms. The van der Waals surface area contributed by atoms with Gasteiger partial charge in [0.1, 0.15) is 0 Å². The molecule has 108 valence electrons. The maximum Gasteiger partial charge on any atom is 0.0203 e. The summed E-state index contributed by atoms with van der Waals surface area (Å²) in [5.41, 5.74) is 4.42. The van der Waals surface area contributed by atoms with Gasteiger partial charge in [-0.1, -0.05) is 52.0 Å². The quantitative estimate of drug-likeness (QED) is 0.688. The van der Waals surface area contributed by atoms with E-state index in [2.05, 4.69) is 56.9 Å². The molecule has 4 rings (SSSR count). The van der Waals surface area contributed by atoms with Crippen molar-refractivity contribution in [1.29, 1.82) is 0 Å². The van der Waals surface area contributed by atoms with Crippen LogP contribution in [0.25, 0.3) is 0 Å². The SMILES string of the molecule is CC1(C)CCN2CCC3(C)c4ccccc4CC2C13C. The van der Waals surface area contributed by atoms with Crippen molar-refractivity contribution >= 4 is 0 Å². The van der Waals surface area contributed by atoms with Crippen LogP contribution in [0.1, 0.15) is 51.7 Å². The molecule has 0 saturated carbocycles. The summed E-state index contributed by atoms with van der Waals surface area (Å²) in [4.78, 5) is 2.79. The first-order valence-corrected chi connectivity index (χ1v) is 8.23. The topological polar surface area (TPSA) is 3.24 Å². The van der Waals surface area contributed by atoms with Crippen molar-refractivity contribution in [3.63, 3.8) is 0 Å². The largest absolute Gasteiger partial charge is 0.299 e. The van der Waals surface area contributed by atoms with E-state index in [0.717, 1.165) is 6.04 Å². The molecule has 1 heteroatoms. The van der Waals surface area contributed by atoms with Crippen LogP contribution in [-0.2, 0) is 11.8 Å². The third kappa shape index (κ3) is 1.24. The van der Waals surface area contributed by atoms with Crippen LogP contribution in [0.4, 0.5) is 0 Å². The summed E-state index contributed by atoms with van der Waals surface area (Å²) >= 11 is 0. The van der Waals surface area contributed by atoms with Gasteiger partial charge in [-0.25, -0.2) is 0 Å². The third-order valence-electron chi connectivity index (χ3n) is 7.61. The number of rotatable bonds is 0. The highest BCUT2D eigenvalue weighted by Gasteiger charge is 2.65. The second kappa shape index (κ2) is 3.68. The number of fused-ring (bicyclic) bond motifs is 2. The highest BCUT2D eigenvalue weighted by Crippen LogP contribution is 2.66. The van der Waals surface area contributed by atoms with Crippen LogP contribution in [0.3, 0.4) is 0 Å². The van der Waals surface area contributed by atoms with Crippen molar-refractivity contribution < 1.29 is 0 Å². The standard InChI is InChI=1S/C19H27N/c1-17(2)9-11-20-12-10-18(3)15-8-6-5-7-14(15)13-16(20)19(17,18)4/h5-8,16H,9-13H2,1-4H3. The van der Waals surface area contributed by atoms with E-state index >= 15 is 0 Å². The first kappa shape index (κ1) is 12.9. The Morgan fingerprint density at radius 1 is 1.00 bits per heavy atom. The van der Waals surface area contributed by atoms with E-state index in [1.54, 1.807) is 11.1 Å². The number of hydrogen-bond acceptors (Lipinski definition) is 1. The Morgan fingerprint density at radius 2 is 1.70 bits per heavy atom. The Hall–Kier alpha value is -0.820.